The number of rotatable bonds is 6. The second-order valence-corrected chi connectivity index (χ2v) is 5.90. The Morgan fingerprint density at radius 1 is 1.29 bits per heavy atom. The Hall–Kier alpha value is -2.02. The van der Waals surface area contributed by atoms with E-state index in [4.69, 9.17) is 9.47 Å². The number of carbonyl (C=O) groups is 1. The Bertz CT molecular complexity index is 649. The molecule has 0 heterocycles. The van der Waals surface area contributed by atoms with Gasteiger partial charge in [-0.1, -0.05) is 13.0 Å². The second kappa shape index (κ2) is 7.12. The Morgan fingerprint density at radius 3 is 2.48 bits per heavy atom. The second-order valence-electron chi connectivity index (χ2n) is 4.25. The zero-order valence-corrected chi connectivity index (χ0v) is 13.3. The predicted octanol–water partition coefficient (Wildman–Crippen LogP) is 1.86. The van der Waals surface area contributed by atoms with Crippen LogP contribution in [0.4, 0.5) is 0 Å². The zero-order chi connectivity index (χ0) is 16.0. The summed E-state index contributed by atoms with van der Waals surface area (Å²) < 4.78 is 36.6. The van der Waals surface area contributed by atoms with Gasteiger partial charge in [-0.25, -0.2) is 13.1 Å². The Balaban J connectivity index is 3.19. The average molecular weight is 313 g/mol. The summed E-state index contributed by atoms with van der Waals surface area (Å²) in [5.74, 6) is -0.181. The molecule has 1 rings (SSSR count). The van der Waals surface area contributed by atoms with E-state index in [0.29, 0.717) is 17.7 Å². The standard InChI is InChI=1S/C14H19NO5S/c1-5-6-10(2)14(16)15-21(17,18)13-9-11(19-3)7-8-12(13)20-4/h6-9H,5H2,1-4H3,(H,15,16). The molecule has 1 aromatic rings. The lowest BCUT2D eigenvalue weighted by Gasteiger charge is -2.12. The highest BCUT2D eigenvalue weighted by atomic mass is 32.2. The van der Waals surface area contributed by atoms with Gasteiger partial charge in [0.05, 0.1) is 14.2 Å². The van der Waals surface area contributed by atoms with E-state index < -0.39 is 15.9 Å². The lowest BCUT2D eigenvalue weighted by molar-refractivity contribution is -0.115. The van der Waals surface area contributed by atoms with E-state index in [2.05, 4.69) is 0 Å². The Morgan fingerprint density at radius 2 is 1.95 bits per heavy atom. The van der Waals surface area contributed by atoms with Crippen molar-refractivity contribution < 1.29 is 22.7 Å². The molecule has 0 aliphatic carbocycles. The van der Waals surface area contributed by atoms with E-state index in [1.54, 1.807) is 19.1 Å². The highest BCUT2D eigenvalue weighted by Crippen LogP contribution is 2.28. The fraction of sp³-hybridized carbons (Fsp3) is 0.357. The molecule has 0 aliphatic rings. The number of hydrogen-bond donors (Lipinski definition) is 1. The normalized spacial score (nSPS) is 11.9. The molecule has 0 fully saturated rings. The van der Waals surface area contributed by atoms with E-state index in [1.165, 1.54) is 26.4 Å². The molecular formula is C14H19NO5S. The number of amides is 1. The van der Waals surface area contributed by atoms with Crippen LogP contribution in [0.1, 0.15) is 20.3 Å². The van der Waals surface area contributed by atoms with Crippen molar-refractivity contribution in [1.29, 1.82) is 0 Å². The number of hydrogen-bond acceptors (Lipinski definition) is 5. The highest BCUT2D eigenvalue weighted by Gasteiger charge is 2.23. The summed E-state index contributed by atoms with van der Waals surface area (Å²) in [5.41, 5.74) is 0.336. The van der Waals surface area contributed by atoms with Gasteiger partial charge in [-0.15, -0.1) is 0 Å². The van der Waals surface area contributed by atoms with Crippen LogP contribution in [-0.2, 0) is 14.8 Å². The van der Waals surface area contributed by atoms with Crippen LogP contribution in [0.15, 0.2) is 34.7 Å². The van der Waals surface area contributed by atoms with Crippen molar-refractivity contribution in [1.82, 2.24) is 4.72 Å². The smallest absolute Gasteiger partial charge is 0.268 e. The molecular weight excluding hydrogens is 294 g/mol. The third-order valence-electron chi connectivity index (χ3n) is 2.76. The molecule has 0 bridgehead atoms. The number of sulfonamides is 1. The van der Waals surface area contributed by atoms with Gasteiger partial charge in [0.1, 0.15) is 16.4 Å². The third-order valence-corrected chi connectivity index (χ3v) is 4.11. The molecule has 0 unspecified atom stereocenters. The number of carbonyl (C=O) groups excluding carboxylic acids is 1. The van der Waals surface area contributed by atoms with Crippen molar-refractivity contribution in [3.8, 4) is 11.5 Å². The minimum absolute atomic E-state index is 0.133. The molecule has 6 nitrogen and oxygen atoms in total. The van der Waals surface area contributed by atoms with Gasteiger partial charge in [-0.2, -0.15) is 0 Å². The van der Waals surface area contributed by atoms with Crippen LogP contribution in [0.2, 0.25) is 0 Å². The quantitative estimate of drug-likeness (QED) is 0.811. The van der Waals surface area contributed by atoms with Gasteiger partial charge in [-0.05, 0) is 25.5 Å². The van der Waals surface area contributed by atoms with Gasteiger partial charge in [0.15, 0.2) is 0 Å². The van der Waals surface area contributed by atoms with Crippen LogP contribution in [0, 0.1) is 0 Å². The van der Waals surface area contributed by atoms with Crippen molar-refractivity contribution in [2.75, 3.05) is 14.2 Å². The number of nitrogens with one attached hydrogen (secondary N) is 1. The summed E-state index contributed by atoms with van der Waals surface area (Å²) >= 11 is 0. The average Bonchev–Trinajstić information content (AvgIpc) is 2.46. The number of allylic oxidation sites excluding steroid dienone is 1. The minimum Gasteiger partial charge on any atom is -0.497 e. The van der Waals surface area contributed by atoms with E-state index in [-0.39, 0.29) is 10.6 Å². The molecule has 0 atom stereocenters. The maximum atomic E-state index is 12.3. The molecule has 21 heavy (non-hydrogen) atoms. The van der Waals surface area contributed by atoms with Crippen LogP contribution in [0.3, 0.4) is 0 Å². The first-order valence-corrected chi connectivity index (χ1v) is 7.80. The summed E-state index contributed by atoms with van der Waals surface area (Å²) in [6, 6.07) is 4.34. The molecule has 1 N–H and O–H groups in total. The summed E-state index contributed by atoms with van der Waals surface area (Å²) in [6.45, 7) is 3.41. The van der Waals surface area contributed by atoms with Crippen molar-refractivity contribution in [2.45, 2.75) is 25.2 Å². The highest BCUT2D eigenvalue weighted by molar-refractivity contribution is 7.90. The van der Waals surface area contributed by atoms with Crippen molar-refractivity contribution >= 4 is 15.9 Å². The van der Waals surface area contributed by atoms with Crippen LogP contribution in [0.25, 0.3) is 0 Å². The maximum Gasteiger partial charge on any atom is 0.268 e. The van der Waals surface area contributed by atoms with E-state index in [0.717, 1.165) is 0 Å². The van der Waals surface area contributed by atoms with Gasteiger partial charge >= 0.3 is 0 Å². The largest absolute Gasteiger partial charge is 0.497 e. The summed E-state index contributed by atoms with van der Waals surface area (Å²) in [4.78, 5) is 11.7. The minimum atomic E-state index is -4.04. The topological polar surface area (TPSA) is 81.7 Å². The van der Waals surface area contributed by atoms with Crippen LogP contribution in [0.5, 0.6) is 11.5 Å². The summed E-state index contributed by atoms with van der Waals surface area (Å²) in [6.07, 6.45) is 2.29. The fourth-order valence-corrected chi connectivity index (χ4v) is 2.85. The number of methoxy groups -OCH3 is 2. The molecule has 1 aromatic carbocycles. The molecule has 1 amide bonds. The third kappa shape index (κ3) is 4.22. The lowest BCUT2D eigenvalue weighted by atomic mass is 10.2. The van der Waals surface area contributed by atoms with E-state index in [9.17, 15) is 13.2 Å². The Labute approximate surface area is 124 Å². The monoisotopic (exact) mass is 313 g/mol. The van der Waals surface area contributed by atoms with Crippen molar-refractivity contribution in [3.05, 3.63) is 29.8 Å². The SMILES string of the molecule is CCC=C(C)C(=O)NS(=O)(=O)c1cc(OC)ccc1OC. The van der Waals surface area contributed by atoms with Crippen LogP contribution >= 0.6 is 0 Å². The molecule has 7 heteroatoms. The number of ether oxygens (including phenoxy) is 2. The van der Waals surface area contributed by atoms with Gasteiger partial charge in [0.25, 0.3) is 15.9 Å². The molecule has 0 spiro atoms. The first kappa shape index (κ1) is 17.0. The Kier molecular flexibility index (Phi) is 5.78. The molecule has 116 valence electrons. The van der Waals surface area contributed by atoms with Crippen molar-refractivity contribution in [3.63, 3.8) is 0 Å². The first-order chi connectivity index (χ1) is 9.85. The molecule has 0 saturated heterocycles. The summed E-state index contributed by atoms with van der Waals surface area (Å²) in [5, 5.41) is 0. The first-order valence-electron chi connectivity index (χ1n) is 6.31. The lowest BCUT2D eigenvalue weighted by Crippen LogP contribution is -2.31. The van der Waals surface area contributed by atoms with Gasteiger partial charge in [0.2, 0.25) is 0 Å². The summed E-state index contributed by atoms with van der Waals surface area (Å²) in [7, 11) is -1.27. The van der Waals surface area contributed by atoms with Crippen LogP contribution in [-0.4, -0.2) is 28.5 Å². The molecule has 0 radical (unpaired) electrons. The molecule has 0 saturated carbocycles. The number of benzene rings is 1. The predicted molar refractivity (Wildman–Crippen MR) is 78.9 cm³/mol. The van der Waals surface area contributed by atoms with E-state index in [1.807, 2.05) is 11.6 Å². The van der Waals surface area contributed by atoms with Crippen molar-refractivity contribution in [2.24, 2.45) is 0 Å². The van der Waals surface area contributed by atoms with Gasteiger partial charge in [0, 0.05) is 11.6 Å². The molecule has 0 aliphatic heterocycles. The fourth-order valence-electron chi connectivity index (χ4n) is 1.65. The van der Waals surface area contributed by atoms with E-state index >= 15 is 0 Å². The van der Waals surface area contributed by atoms with Crippen LogP contribution < -0.4 is 14.2 Å². The maximum absolute atomic E-state index is 12.3. The zero-order valence-electron chi connectivity index (χ0n) is 12.5. The van der Waals surface area contributed by atoms with Gasteiger partial charge < -0.3 is 9.47 Å². The molecule has 0 aromatic heterocycles. The van der Waals surface area contributed by atoms with Gasteiger partial charge in [-0.3, -0.25) is 4.79 Å².